The third-order valence-electron chi connectivity index (χ3n) is 3.45. The van der Waals surface area contributed by atoms with Gasteiger partial charge in [-0.3, -0.25) is 10.1 Å². The van der Waals surface area contributed by atoms with E-state index in [0.29, 0.717) is 11.1 Å². The van der Waals surface area contributed by atoms with Crippen LogP contribution in [0, 0.1) is 10.1 Å². The van der Waals surface area contributed by atoms with Gasteiger partial charge in [0.25, 0.3) is 5.69 Å². The van der Waals surface area contributed by atoms with Gasteiger partial charge in [-0.15, -0.1) is 0 Å². The zero-order valence-electron chi connectivity index (χ0n) is 11.1. The molecular weight excluding hydrogens is 336 g/mol. The summed E-state index contributed by atoms with van der Waals surface area (Å²) >= 11 is 3.38. The van der Waals surface area contributed by atoms with Gasteiger partial charge in [-0.2, -0.15) is 0 Å². The van der Waals surface area contributed by atoms with Gasteiger partial charge < -0.3 is 10.1 Å². The van der Waals surface area contributed by atoms with Gasteiger partial charge in [0.05, 0.1) is 17.6 Å². The minimum absolute atomic E-state index is 0.0693. The number of nitrogens with zero attached hydrogens (tertiary/aromatic N) is 1. The number of benzene rings is 2. The standard InChI is InChI=1S/C15H13BrN2O3/c16-12-9-10(18(19)20)5-6-14(12)17-13-7-8-21-15-4-2-1-3-11(13)15/h1-6,9,13,17H,7-8H2. The van der Waals surface area contributed by atoms with Crippen molar-refractivity contribution in [3.8, 4) is 5.75 Å². The summed E-state index contributed by atoms with van der Waals surface area (Å²) in [7, 11) is 0. The highest BCUT2D eigenvalue weighted by atomic mass is 79.9. The van der Waals surface area contributed by atoms with E-state index in [9.17, 15) is 10.1 Å². The van der Waals surface area contributed by atoms with Crippen molar-refractivity contribution in [2.75, 3.05) is 11.9 Å². The number of fused-ring (bicyclic) bond motifs is 1. The largest absolute Gasteiger partial charge is 0.493 e. The third-order valence-corrected chi connectivity index (χ3v) is 4.11. The van der Waals surface area contributed by atoms with E-state index >= 15 is 0 Å². The van der Waals surface area contributed by atoms with E-state index in [2.05, 4.69) is 21.2 Å². The molecule has 0 saturated carbocycles. The Hall–Kier alpha value is -2.08. The molecule has 0 radical (unpaired) electrons. The Bertz CT molecular complexity index is 690. The first-order chi connectivity index (χ1) is 10.1. The maximum absolute atomic E-state index is 10.8. The zero-order chi connectivity index (χ0) is 14.8. The number of nitro groups is 1. The number of rotatable bonds is 3. The molecule has 1 aliphatic heterocycles. The third kappa shape index (κ3) is 2.85. The van der Waals surface area contributed by atoms with Crippen molar-refractivity contribution in [3.05, 3.63) is 62.6 Å². The van der Waals surface area contributed by atoms with E-state index in [1.165, 1.54) is 12.1 Å². The summed E-state index contributed by atoms with van der Waals surface area (Å²) in [4.78, 5) is 10.4. The van der Waals surface area contributed by atoms with Crippen LogP contribution < -0.4 is 10.1 Å². The van der Waals surface area contributed by atoms with Crippen LogP contribution in [0.4, 0.5) is 11.4 Å². The van der Waals surface area contributed by atoms with Crippen LogP contribution in [0.25, 0.3) is 0 Å². The highest BCUT2D eigenvalue weighted by Crippen LogP contribution is 2.36. The molecule has 0 saturated heterocycles. The van der Waals surface area contributed by atoms with Gasteiger partial charge in [0, 0.05) is 34.3 Å². The lowest BCUT2D eigenvalue weighted by Gasteiger charge is -2.27. The Balaban J connectivity index is 1.86. The summed E-state index contributed by atoms with van der Waals surface area (Å²) in [6, 6.07) is 12.8. The van der Waals surface area contributed by atoms with Crippen LogP contribution in [0.1, 0.15) is 18.0 Å². The first kappa shape index (κ1) is 13.9. The molecule has 2 aromatic carbocycles. The molecule has 0 aliphatic carbocycles. The Labute approximate surface area is 130 Å². The fourth-order valence-corrected chi connectivity index (χ4v) is 2.90. The van der Waals surface area contributed by atoms with Gasteiger partial charge in [-0.05, 0) is 28.1 Å². The van der Waals surface area contributed by atoms with E-state index in [1.807, 2.05) is 24.3 Å². The van der Waals surface area contributed by atoms with E-state index in [1.54, 1.807) is 6.07 Å². The molecule has 1 atom stereocenters. The lowest BCUT2D eigenvalue weighted by molar-refractivity contribution is -0.384. The lowest BCUT2D eigenvalue weighted by Crippen LogP contribution is -2.20. The smallest absolute Gasteiger partial charge is 0.270 e. The molecule has 0 amide bonds. The number of ether oxygens (including phenoxy) is 1. The van der Waals surface area contributed by atoms with E-state index in [4.69, 9.17) is 4.74 Å². The lowest BCUT2D eigenvalue weighted by atomic mass is 10.0. The van der Waals surface area contributed by atoms with Crippen molar-refractivity contribution in [3.63, 3.8) is 0 Å². The summed E-state index contributed by atoms with van der Waals surface area (Å²) in [5, 5.41) is 14.2. The van der Waals surface area contributed by atoms with Crippen LogP contribution in [0.2, 0.25) is 0 Å². The van der Waals surface area contributed by atoms with Gasteiger partial charge in [0.2, 0.25) is 0 Å². The minimum atomic E-state index is -0.404. The minimum Gasteiger partial charge on any atom is -0.493 e. The average molecular weight is 349 g/mol. The van der Waals surface area contributed by atoms with E-state index in [-0.39, 0.29) is 11.7 Å². The number of anilines is 1. The number of hydrogen-bond donors (Lipinski definition) is 1. The number of non-ortho nitro benzene ring substituents is 1. The fraction of sp³-hybridized carbons (Fsp3) is 0.200. The second-order valence-electron chi connectivity index (χ2n) is 4.79. The highest BCUT2D eigenvalue weighted by molar-refractivity contribution is 9.10. The number of nitro benzene ring substituents is 1. The first-order valence-corrected chi connectivity index (χ1v) is 7.36. The van der Waals surface area contributed by atoms with Crippen LogP contribution in [0.5, 0.6) is 5.75 Å². The predicted molar refractivity (Wildman–Crippen MR) is 83.7 cm³/mol. The van der Waals surface area contributed by atoms with Crippen LogP contribution in [0.15, 0.2) is 46.9 Å². The van der Waals surface area contributed by atoms with Crippen LogP contribution in [-0.2, 0) is 0 Å². The molecule has 0 fully saturated rings. The summed E-state index contributed by atoms with van der Waals surface area (Å²) < 4.78 is 6.31. The molecule has 1 unspecified atom stereocenters. The summed E-state index contributed by atoms with van der Waals surface area (Å²) in [6.07, 6.45) is 0.848. The van der Waals surface area contributed by atoms with Crippen molar-refractivity contribution in [1.82, 2.24) is 0 Å². The molecule has 1 aliphatic rings. The fourth-order valence-electron chi connectivity index (χ4n) is 2.41. The molecule has 0 spiro atoms. The molecule has 1 heterocycles. The molecular formula is C15H13BrN2O3. The number of para-hydroxylation sites is 1. The molecule has 0 aromatic heterocycles. The quantitative estimate of drug-likeness (QED) is 0.663. The SMILES string of the molecule is O=[N+]([O-])c1ccc(NC2CCOc3ccccc32)c(Br)c1. The summed E-state index contributed by atoms with van der Waals surface area (Å²) in [6.45, 7) is 0.652. The predicted octanol–water partition coefficient (Wildman–Crippen LogP) is 4.29. The molecule has 5 nitrogen and oxygen atoms in total. The normalized spacial score (nSPS) is 16.7. The monoisotopic (exact) mass is 348 g/mol. The highest BCUT2D eigenvalue weighted by Gasteiger charge is 2.21. The maximum Gasteiger partial charge on any atom is 0.270 e. The van der Waals surface area contributed by atoms with Crippen LogP contribution in [-0.4, -0.2) is 11.5 Å². The molecule has 3 rings (SSSR count). The Kier molecular flexibility index (Phi) is 3.79. The van der Waals surface area contributed by atoms with Crippen LogP contribution in [0.3, 0.4) is 0 Å². The van der Waals surface area contributed by atoms with Crippen molar-refractivity contribution in [2.45, 2.75) is 12.5 Å². The van der Waals surface area contributed by atoms with Crippen LogP contribution >= 0.6 is 15.9 Å². The first-order valence-electron chi connectivity index (χ1n) is 6.57. The average Bonchev–Trinajstić information content (AvgIpc) is 2.49. The topological polar surface area (TPSA) is 64.4 Å². The second kappa shape index (κ2) is 5.73. The second-order valence-corrected chi connectivity index (χ2v) is 5.65. The van der Waals surface area contributed by atoms with Gasteiger partial charge in [0.15, 0.2) is 0 Å². The van der Waals surface area contributed by atoms with Gasteiger partial charge in [-0.25, -0.2) is 0 Å². The number of hydrogen-bond acceptors (Lipinski definition) is 4. The van der Waals surface area contributed by atoms with Gasteiger partial charge in [-0.1, -0.05) is 18.2 Å². The van der Waals surface area contributed by atoms with E-state index < -0.39 is 4.92 Å². The van der Waals surface area contributed by atoms with Crippen molar-refractivity contribution >= 4 is 27.3 Å². The van der Waals surface area contributed by atoms with Crippen molar-refractivity contribution in [2.24, 2.45) is 0 Å². The Morgan fingerprint density at radius 3 is 2.86 bits per heavy atom. The van der Waals surface area contributed by atoms with Crippen molar-refractivity contribution < 1.29 is 9.66 Å². The Morgan fingerprint density at radius 1 is 1.29 bits per heavy atom. The van der Waals surface area contributed by atoms with E-state index in [0.717, 1.165) is 23.4 Å². The molecule has 21 heavy (non-hydrogen) atoms. The number of halogens is 1. The molecule has 1 N–H and O–H groups in total. The molecule has 108 valence electrons. The molecule has 6 heteroatoms. The summed E-state index contributed by atoms with van der Waals surface area (Å²) in [5.41, 5.74) is 2.01. The van der Waals surface area contributed by atoms with Gasteiger partial charge in [0.1, 0.15) is 5.75 Å². The van der Waals surface area contributed by atoms with Crippen molar-refractivity contribution in [1.29, 1.82) is 0 Å². The zero-order valence-corrected chi connectivity index (χ0v) is 12.7. The Morgan fingerprint density at radius 2 is 2.10 bits per heavy atom. The summed E-state index contributed by atoms with van der Waals surface area (Å²) in [5.74, 6) is 0.888. The van der Waals surface area contributed by atoms with Gasteiger partial charge >= 0.3 is 0 Å². The number of nitrogens with one attached hydrogen (secondary N) is 1. The molecule has 0 bridgehead atoms. The molecule has 2 aromatic rings. The maximum atomic E-state index is 10.8.